The first-order valence-corrected chi connectivity index (χ1v) is 14.5. The minimum absolute atomic E-state index is 0.0881. The smallest absolute Gasteiger partial charge is 0.170 e. The summed E-state index contributed by atoms with van der Waals surface area (Å²) in [5.41, 5.74) is 2.21. The fraction of sp³-hybridized carbons (Fsp3) is 0.520. The van der Waals surface area contributed by atoms with Crippen molar-refractivity contribution in [2.75, 3.05) is 48.9 Å². The van der Waals surface area contributed by atoms with E-state index in [0.717, 1.165) is 17.1 Å². The Morgan fingerprint density at radius 2 is 2.05 bits per heavy atom. The normalized spacial score (nSPS) is 19.1. The summed E-state index contributed by atoms with van der Waals surface area (Å²) in [6.07, 6.45) is 1.96. The zero-order valence-corrected chi connectivity index (χ0v) is 22.5. The van der Waals surface area contributed by atoms with E-state index in [1.807, 2.05) is 30.3 Å². The predicted molar refractivity (Wildman–Crippen MR) is 150 cm³/mol. The van der Waals surface area contributed by atoms with Gasteiger partial charge < -0.3 is 25.4 Å². The van der Waals surface area contributed by atoms with Gasteiger partial charge in [-0.2, -0.15) is 15.9 Å². The van der Waals surface area contributed by atoms with Crippen molar-refractivity contribution in [3.05, 3.63) is 36.0 Å². The second-order valence-corrected chi connectivity index (χ2v) is 12.3. The first-order valence-electron chi connectivity index (χ1n) is 12.4. The molecule has 0 bridgehead atoms. The monoisotopic (exact) mass is 546 g/mol. The van der Waals surface area contributed by atoms with Gasteiger partial charge in [-0.15, -0.1) is 0 Å². The van der Waals surface area contributed by atoms with Crippen LogP contribution in [0, 0.1) is 11.3 Å². The Kier molecular flexibility index (Phi) is 8.84. The maximum Gasteiger partial charge on any atom is 0.170 e. The van der Waals surface area contributed by atoms with Gasteiger partial charge in [-0.1, -0.05) is 0 Å². The van der Waals surface area contributed by atoms with Crippen molar-refractivity contribution in [3.63, 3.8) is 0 Å². The molecule has 10 nitrogen and oxygen atoms in total. The number of aliphatic hydroxyl groups excluding tert-OH is 1. The van der Waals surface area contributed by atoms with Crippen LogP contribution in [-0.4, -0.2) is 74.0 Å². The maximum absolute atomic E-state index is 11.1. The van der Waals surface area contributed by atoms with Crippen molar-refractivity contribution in [2.24, 2.45) is 0 Å². The summed E-state index contributed by atoms with van der Waals surface area (Å²) in [5, 5.41) is 24.5. The van der Waals surface area contributed by atoms with Crippen molar-refractivity contribution in [2.45, 2.75) is 43.4 Å². The molecule has 2 fully saturated rings. The average Bonchev–Trinajstić information content (AvgIpc) is 3.71. The van der Waals surface area contributed by atoms with Crippen LogP contribution in [0.15, 0.2) is 30.3 Å². The number of benzene rings is 1. The van der Waals surface area contributed by atoms with Crippen molar-refractivity contribution in [3.8, 4) is 17.5 Å². The van der Waals surface area contributed by atoms with Crippen molar-refractivity contribution >= 4 is 39.4 Å². The molecule has 0 radical (unpaired) electrons. The third kappa shape index (κ3) is 6.31. The molecular weight excluding hydrogens is 512 g/mol. The standard InChI is InChI=1S/C25H34N6O4S2/c1-18-17-35-14-12-31(18)22-16-21(25(8-9-25)37(33,34)15-3-13-32)29-23(30-22)19-4-6-20(7-5-19)28-24(36)27-11-2-10-26/h4-7,16,18,32-34H,2-3,8-9,11-15,17H2,1H3,(H2,27,28,36)/t18-/m0/s1. The second-order valence-electron chi connectivity index (χ2n) is 9.36. The zero-order chi connectivity index (χ0) is 26.5. The molecular formula is C25H34N6O4S2. The van der Waals surface area contributed by atoms with E-state index in [0.29, 0.717) is 68.6 Å². The van der Waals surface area contributed by atoms with Gasteiger partial charge in [0.1, 0.15) is 10.6 Å². The van der Waals surface area contributed by atoms with Crippen molar-refractivity contribution in [1.82, 2.24) is 15.3 Å². The van der Waals surface area contributed by atoms with Gasteiger partial charge in [0.2, 0.25) is 0 Å². The lowest BCUT2D eigenvalue weighted by molar-refractivity contribution is 0.0985. The van der Waals surface area contributed by atoms with Crippen LogP contribution in [0.5, 0.6) is 0 Å². The number of morpholine rings is 1. The van der Waals surface area contributed by atoms with Gasteiger partial charge in [-0.05, 0) is 62.7 Å². The molecule has 1 aromatic carbocycles. The van der Waals surface area contributed by atoms with E-state index < -0.39 is 15.3 Å². The second kappa shape index (κ2) is 11.9. The number of nitrogens with zero attached hydrogens (tertiary/aromatic N) is 4. The van der Waals surface area contributed by atoms with Gasteiger partial charge in [0, 0.05) is 42.8 Å². The summed E-state index contributed by atoms with van der Waals surface area (Å²) in [7, 11) is -3.00. The lowest BCUT2D eigenvalue weighted by Gasteiger charge is -2.41. The summed E-state index contributed by atoms with van der Waals surface area (Å²) in [4.78, 5) is 11.9. The van der Waals surface area contributed by atoms with E-state index in [9.17, 15) is 14.2 Å². The molecule has 2 heterocycles. The molecule has 0 unspecified atom stereocenters. The topological polar surface area (TPSA) is 147 Å². The van der Waals surface area contributed by atoms with Gasteiger partial charge in [0.05, 0.1) is 37.4 Å². The molecule has 0 amide bonds. The van der Waals surface area contributed by atoms with Crippen LogP contribution in [-0.2, 0) is 9.48 Å². The van der Waals surface area contributed by atoms with Gasteiger partial charge >= 0.3 is 0 Å². The summed E-state index contributed by atoms with van der Waals surface area (Å²) >= 11 is 5.27. The zero-order valence-electron chi connectivity index (χ0n) is 20.9. The van der Waals surface area contributed by atoms with Crippen LogP contribution in [0.25, 0.3) is 11.4 Å². The lowest BCUT2D eigenvalue weighted by Crippen LogP contribution is -2.44. The van der Waals surface area contributed by atoms with Crippen molar-refractivity contribution in [1.29, 1.82) is 5.26 Å². The van der Waals surface area contributed by atoms with Crippen LogP contribution in [0.1, 0.15) is 38.3 Å². The molecule has 2 aromatic rings. The van der Waals surface area contributed by atoms with E-state index in [1.54, 1.807) is 0 Å². The van der Waals surface area contributed by atoms with Crippen LogP contribution >= 0.6 is 22.8 Å². The SMILES string of the molecule is C[C@H]1COCCN1c1cc(C2(S(O)(O)CCCO)CC2)nc(-c2ccc(NC(=S)NCCC#N)cc2)n1. The van der Waals surface area contributed by atoms with Crippen LogP contribution < -0.4 is 15.5 Å². The Morgan fingerprint density at radius 3 is 2.70 bits per heavy atom. The summed E-state index contributed by atoms with van der Waals surface area (Å²) < 4.78 is 27.0. The number of aliphatic hydroxyl groups is 1. The molecule has 2 aliphatic rings. The van der Waals surface area contributed by atoms with E-state index >= 15 is 0 Å². The number of aromatic nitrogens is 2. The van der Waals surface area contributed by atoms with Crippen LogP contribution in [0.3, 0.4) is 0 Å². The molecule has 1 aliphatic carbocycles. The number of hydrogen-bond acceptors (Lipinski definition) is 9. The number of anilines is 2. The number of rotatable bonds is 10. The highest BCUT2D eigenvalue weighted by atomic mass is 32.3. The van der Waals surface area contributed by atoms with E-state index in [4.69, 9.17) is 32.2 Å². The van der Waals surface area contributed by atoms with Crippen LogP contribution in [0.4, 0.5) is 11.5 Å². The van der Waals surface area contributed by atoms with E-state index in [-0.39, 0.29) is 18.4 Å². The fourth-order valence-electron chi connectivity index (χ4n) is 4.45. The van der Waals surface area contributed by atoms with E-state index in [2.05, 4.69) is 28.5 Å². The number of ether oxygens (including phenoxy) is 1. The molecule has 1 aromatic heterocycles. The quantitative estimate of drug-likeness (QED) is 0.220. The molecule has 1 atom stereocenters. The van der Waals surface area contributed by atoms with Gasteiger partial charge in [-0.25, -0.2) is 9.97 Å². The molecule has 1 saturated carbocycles. The summed E-state index contributed by atoms with van der Waals surface area (Å²) in [6.45, 7) is 4.34. The third-order valence-electron chi connectivity index (χ3n) is 6.68. The summed E-state index contributed by atoms with van der Waals surface area (Å²) in [6, 6.07) is 11.6. The highest BCUT2D eigenvalue weighted by Crippen LogP contribution is 2.71. The molecule has 1 aliphatic heterocycles. The molecule has 12 heteroatoms. The van der Waals surface area contributed by atoms with Gasteiger partial charge in [0.25, 0.3) is 0 Å². The maximum atomic E-state index is 11.1. The molecule has 5 N–H and O–H groups in total. The van der Waals surface area contributed by atoms with E-state index in [1.165, 1.54) is 0 Å². The van der Waals surface area contributed by atoms with Crippen LogP contribution in [0.2, 0.25) is 0 Å². The minimum atomic E-state index is -3.00. The minimum Gasteiger partial charge on any atom is -0.396 e. The fourth-order valence-corrected chi connectivity index (χ4v) is 6.78. The Hall–Kier alpha value is -2.53. The Morgan fingerprint density at radius 1 is 1.30 bits per heavy atom. The highest BCUT2D eigenvalue weighted by molar-refractivity contribution is 8.25. The first-order chi connectivity index (χ1) is 17.8. The number of nitrogens with one attached hydrogen (secondary N) is 2. The highest BCUT2D eigenvalue weighted by Gasteiger charge is 2.56. The Labute approximate surface area is 224 Å². The molecule has 37 heavy (non-hydrogen) atoms. The molecule has 4 rings (SSSR count). The number of hydrogen-bond donors (Lipinski definition) is 5. The Bertz CT molecular complexity index is 1140. The third-order valence-corrected chi connectivity index (χ3v) is 9.65. The lowest BCUT2D eigenvalue weighted by atomic mass is 10.1. The first kappa shape index (κ1) is 27.5. The molecule has 1 saturated heterocycles. The molecule has 200 valence electrons. The number of nitriles is 1. The van der Waals surface area contributed by atoms with Gasteiger partial charge in [0.15, 0.2) is 10.9 Å². The summed E-state index contributed by atoms with van der Waals surface area (Å²) in [5.74, 6) is 1.40. The Balaban J connectivity index is 1.65. The predicted octanol–water partition coefficient (Wildman–Crippen LogP) is 3.69. The van der Waals surface area contributed by atoms with Crippen molar-refractivity contribution < 1.29 is 18.9 Å². The number of thiocarbonyl (C=S) groups is 1. The average molecular weight is 547 g/mol. The van der Waals surface area contributed by atoms with Gasteiger partial charge in [-0.3, -0.25) is 9.11 Å². The molecule has 0 spiro atoms. The largest absolute Gasteiger partial charge is 0.396 e.